The van der Waals surface area contributed by atoms with Crippen molar-refractivity contribution in [2.75, 3.05) is 7.11 Å². The lowest BCUT2D eigenvalue weighted by Gasteiger charge is -1.83. The minimum absolute atomic E-state index is 0.394. The smallest absolute Gasteiger partial charge is 0.329 e. The normalized spacial score (nSPS) is 8.00. The molecule has 0 amide bonds. The molecule has 0 bridgehead atoms. The second-order valence-electron chi connectivity index (χ2n) is 2.46. The van der Waals surface area contributed by atoms with Gasteiger partial charge >= 0.3 is 5.97 Å². The van der Waals surface area contributed by atoms with Crippen LogP contribution in [-0.4, -0.2) is 23.3 Å². The van der Waals surface area contributed by atoms with Gasteiger partial charge in [0.05, 0.1) is 7.11 Å². The number of hydrogen-bond acceptors (Lipinski definition) is 2. The fourth-order valence-electron chi connectivity index (χ4n) is 0.0833. The summed E-state index contributed by atoms with van der Waals surface area (Å²) >= 11 is 0. The highest BCUT2D eigenvalue weighted by atomic mass is 28.1. The summed E-state index contributed by atoms with van der Waals surface area (Å²) in [5, 5.41) is 0. The zero-order valence-corrected chi connectivity index (χ0v) is 9.18. The number of methoxy groups -OCH3 is 1. The number of hydrogen-bond donors (Lipinski definition) is 0. The summed E-state index contributed by atoms with van der Waals surface area (Å²) in [5.74, 6) is -0.394. The van der Waals surface area contributed by atoms with E-state index in [-0.39, 0.29) is 0 Å². The average molecular weight is 160 g/mol. The second-order valence-corrected chi connectivity index (χ2v) is 4.77. The molecule has 0 saturated carbocycles. The highest BCUT2D eigenvalue weighted by molar-refractivity contribution is 6.10. The summed E-state index contributed by atoms with van der Waals surface area (Å²) in [6, 6.07) is 0. The molecule has 0 aromatic rings. The van der Waals surface area contributed by atoms with Gasteiger partial charge in [-0.05, 0) is 0 Å². The lowest BCUT2D eigenvalue weighted by Crippen LogP contribution is -1.91. The molecular weight excluding hydrogens is 144 g/mol. The molecule has 0 N–H and O–H groups in total. The predicted octanol–water partition coefficient (Wildman–Crippen LogP) is 0.525. The standard InChI is InChI=1S/C4H6O2.C3H10Si/c1-3-4(5)6-2;1-3(2)4/h3H,1H2,2H3;3H,1-2,4H3. The maximum absolute atomic E-state index is 9.84. The van der Waals surface area contributed by atoms with Gasteiger partial charge in [0.2, 0.25) is 0 Å². The summed E-state index contributed by atoms with van der Waals surface area (Å²) in [7, 11) is 2.66. The monoisotopic (exact) mass is 160 g/mol. The lowest BCUT2D eigenvalue weighted by molar-refractivity contribution is -0.134. The van der Waals surface area contributed by atoms with Gasteiger partial charge in [-0.1, -0.05) is 26.0 Å². The molecule has 0 aliphatic carbocycles. The Balaban J connectivity index is 0. The van der Waals surface area contributed by atoms with E-state index < -0.39 is 5.97 Å². The fourth-order valence-corrected chi connectivity index (χ4v) is 0.0833. The van der Waals surface area contributed by atoms with Crippen molar-refractivity contribution in [1.82, 2.24) is 0 Å². The molecule has 0 aromatic carbocycles. The number of rotatable bonds is 1. The topological polar surface area (TPSA) is 26.3 Å². The van der Waals surface area contributed by atoms with Gasteiger partial charge in [0.25, 0.3) is 0 Å². The molecule has 0 atom stereocenters. The second kappa shape index (κ2) is 8.43. The van der Waals surface area contributed by atoms with E-state index in [0.717, 1.165) is 11.6 Å². The average Bonchev–Trinajstić information content (AvgIpc) is 1.85. The molecule has 0 saturated heterocycles. The Labute approximate surface area is 65.7 Å². The Morgan fingerprint density at radius 3 is 2.00 bits per heavy atom. The van der Waals surface area contributed by atoms with Gasteiger partial charge in [-0.15, -0.1) is 0 Å². The Bertz CT molecular complexity index is 97.0. The summed E-state index contributed by atoms with van der Waals surface area (Å²) in [6.45, 7) is 7.61. The van der Waals surface area contributed by atoms with Gasteiger partial charge in [-0.2, -0.15) is 0 Å². The molecule has 0 heterocycles. The van der Waals surface area contributed by atoms with Crippen LogP contribution in [0, 0.1) is 0 Å². The first-order valence-corrected chi connectivity index (χ1v) is 4.40. The van der Waals surface area contributed by atoms with Crippen molar-refractivity contribution in [3.63, 3.8) is 0 Å². The van der Waals surface area contributed by atoms with Crippen LogP contribution in [0.4, 0.5) is 0 Å². The van der Waals surface area contributed by atoms with Crippen molar-refractivity contribution < 1.29 is 9.53 Å². The van der Waals surface area contributed by atoms with Crippen LogP contribution >= 0.6 is 0 Å². The summed E-state index contributed by atoms with van der Waals surface area (Å²) < 4.78 is 4.14. The van der Waals surface area contributed by atoms with E-state index in [1.807, 2.05) is 0 Å². The van der Waals surface area contributed by atoms with Crippen LogP contribution in [0.25, 0.3) is 0 Å². The predicted molar refractivity (Wildman–Crippen MR) is 47.3 cm³/mol. The van der Waals surface area contributed by atoms with Crippen molar-refractivity contribution in [3.8, 4) is 0 Å². The Morgan fingerprint density at radius 2 is 2.00 bits per heavy atom. The molecular formula is C7H16O2Si. The summed E-state index contributed by atoms with van der Waals surface area (Å²) in [4.78, 5) is 9.84. The van der Waals surface area contributed by atoms with Crippen LogP contribution in [0.3, 0.4) is 0 Å². The number of carbonyl (C=O) groups is 1. The van der Waals surface area contributed by atoms with Gasteiger partial charge in [-0.3, -0.25) is 0 Å². The Morgan fingerprint density at radius 1 is 1.70 bits per heavy atom. The maximum atomic E-state index is 9.84. The van der Waals surface area contributed by atoms with Crippen molar-refractivity contribution in [2.24, 2.45) is 0 Å². The van der Waals surface area contributed by atoms with Gasteiger partial charge in [0.15, 0.2) is 0 Å². The fraction of sp³-hybridized carbons (Fsp3) is 0.571. The van der Waals surface area contributed by atoms with Crippen LogP contribution < -0.4 is 0 Å². The van der Waals surface area contributed by atoms with E-state index in [4.69, 9.17) is 0 Å². The molecule has 3 heteroatoms. The van der Waals surface area contributed by atoms with Crippen molar-refractivity contribution in [3.05, 3.63) is 12.7 Å². The van der Waals surface area contributed by atoms with Gasteiger partial charge in [0, 0.05) is 16.3 Å². The molecule has 0 unspecified atom stereocenters. The van der Waals surface area contributed by atoms with E-state index >= 15 is 0 Å². The third-order valence-corrected chi connectivity index (χ3v) is 0.368. The third-order valence-electron chi connectivity index (χ3n) is 0.368. The number of carbonyl (C=O) groups excluding carboxylic acids is 1. The lowest BCUT2D eigenvalue weighted by atomic mass is 10.6. The maximum Gasteiger partial charge on any atom is 0.329 e. The van der Waals surface area contributed by atoms with E-state index in [9.17, 15) is 4.79 Å². The van der Waals surface area contributed by atoms with Crippen molar-refractivity contribution >= 4 is 16.2 Å². The molecule has 2 nitrogen and oxygen atoms in total. The number of esters is 1. The molecule has 0 radical (unpaired) electrons. The molecule has 0 spiro atoms. The molecule has 0 aliphatic rings. The first-order valence-electron chi connectivity index (χ1n) is 3.25. The van der Waals surface area contributed by atoms with Crippen LogP contribution in [0.2, 0.25) is 5.54 Å². The van der Waals surface area contributed by atoms with E-state index in [1.54, 1.807) is 0 Å². The van der Waals surface area contributed by atoms with Gasteiger partial charge < -0.3 is 4.74 Å². The highest BCUT2D eigenvalue weighted by Gasteiger charge is 1.81. The first kappa shape index (κ1) is 12.1. The van der Waals surface area contributed by atoms with Crippen LogP contribution in [-0.2, 0) is 9.53 Å². The minimum Gasteiger partial charge on any atom is -0.466 e. The van der Waals surface area contributed by atoms with Gasteiger partial charge in [0.1, 0.15) is 0 Å². The molecule has 60 valence electrons. The van der Waals surface area contributed by atoms with Crippen LogP contribution in [0.1, 0.15) is 13.8 Å². The minimum atomic E-state index is -0.394. The Kier molecular flexibility index (Phi) is 10.2. The van der Waals surface area contributed by atoms with E-state index in [1.165, 1.54) is 17.4 Å². The molecule has 0 aromatic heterocycles. The third kappa shape index (κ3) is 26.1. The largest absolute Gasteiger partial charge is 0.466 e. The van der Waals surface area contributed by atoms with Crippen LogP contribution in [0.15, 0.2) is 12.7 Å². The van der Waals surface area contributed by atoms with E-state index in [0.29, 0.717) is 0 Å². The number of ether oxygens (including phenoxy) is 1. The molecule has 0 fully saturated rings. The van der Waals surface area contributed by atoms with Crippen LogP contribution in [0.5, 0.6) is 0 Å². The Hall–Kier alpha value is -0.573. The van der Waals surface area contributed by atoms with Crippen molar-refractivity contribution in [2.45, 2.75) is 19.4 Å². The van der Waals surface area contributed by atoms with Crippen molar-refractivity contribution in [1.29, 1.82) is 0 Å². The molecule has 0 rings (SSSR count). The molecule has 0 aliphatic heterocycles. The first-order chi connectivity index (χ1) is 4.54. The highest BCUT2D eigenvalue weighted by Crippen LogP contribution is 1.84. The van der Waals surface area contributed by atoms with E-state index in [2.05, 4.69) is 25.2 Å². The van der Waals surface area contributed by atoms with Gasteiger partial charge in [-0.25, -0.2) is 4.79 Å². The summed E-state index contributed by atoms with van der Waals surface area (Å²) in [5.41, 5.74) is 0.972. The summed E-state index contributed by atoms with van der Waals surface area (Å²) in [6.07, 6.45) is 1.11. The molecule has 10 heavy (non-hydrogen) atoms. The zero-order valence-electron chi connectivity index (χ0n) is 7.18. The quantitative estimate of drug-likeness (QED) is 0.318. The zero-order chi connectivity index (χ0) is 8.57. The SMILES string of the molecule is C=CC(=O)OC.CC(C)[SiH3].